The SMILES string of the molecule is C[C@H](C(=O)Nc1ccc(C#N)cc1)N1CCN(S(=O)(=O)c2ccc(F)cc2)CC1. The predicted octanol–water partition coefficient (Wildman–Crippen LogP) is 2.03. The molecule has 2 aromatic carbocycles. The van der Waals surface area contributed by atoms with Crippen LogP contribution >= 0.6 is 0 Å². The summed E-state index contributed by atoms with van der Waals surface area (Å²) in [6.45, 7) is 3.07. The van der Waals surface area contributed by atoms with Crippen LogP contribution in [0.4, 0.5) is 10.1 Å². The third-order valence-corrected chi connectivity index (χ3v) is 6.85. The predicted molar refractivity (Wildman–Crippen MR) is 106 cm³/mol. The number of amides is 1. The fraction of sp³-hybridized carbons (Fsp3) is 0.300. The molecule has 1 atom stereocenters. The summed E-state index contributed by atoms with van der Waals surface area (Å²) in [5.74, 6) is -0.694. The molecular weight excluding hydrogens is 395 g/mol. The number of benzene rings is 2. The molecule has 0 spiro atoms. The average Bonchev–Trinajstić information content (AvgIpc) is 2.74. The van der Waals surface area contributed by atoms with E-state index >= 15 is 0 Å². The van der Waals surface area contributed by atoms with E-state index in [1.165, 1.54) is 16.4 Å². The molecule has 9 heteroatoms. The van der Waals surface area contributed by atoms with Crippen LogP contribution < -0.4 is 5.32 Å². The van der Waals surface area contributed by atoms with Crippen LogP contribution in [0.3, 0.4) is 0 Å². The Morgan fingerprint density at radius 1 is 1.07 bits per heavy atom. The molecule has 0 aromatic heterocycles. The van der Waals surface area contributed by atoms with Crippen LogP contribution in [0.5, 0.6) is 0 Å². The number of hydrogen-bond donors (Lipinski definition) is 1. The fourth-order valence-corrected chi connectivity index (χ4v) is 4.55. The lowest BCUT2D eigenvalue weighted by Crippen LogP contribution is -2.53. The summed E-state index contributed by atoms with van der Waals surface area (Å²) in [5, 5.41) is 11.6. The second-order valence-electron chi connectivity index (χ2n) is 6.75. The zero-order valence-electron chi connectivity index (χ0n) is 15.9. The van der Waals surface area contributed by atoms with Crippen LogP contribution in [0.2, 0.25) is 0 Å². The van der Waals surface area contributed by atoms with Gasteiger partial charge in [-0.25, -0.2) is 12.8 Å². The van der Waals surface area contributed by atoms with Crippen LogP contribution in [-0.4, -0.2) is 55.8 Å². The standard InChI is InChI=1S/C20H21FN4O3S/c1-15(20(26)23-18-6-2-16(14-22)3-7-18)24-10-12-25(13-11-24)29(27,28)19-8-4-17(21)5-9-19/h2-9,15H,10-13H2,1H3,(H,23,26)/t15-/m1/s1. The zero-order chi connectivity index (χ0) is 21.0. The molecule has 0 aliphatic carbocycles. The van der Waals surface area contributed by atoms with Gasteiger partial charge in [-0.3, -0.25) is 9.69 Å². The van der Waals surface area contributed by atoms with Crippen LogP contribution in [-0.2, 0) is 14.8 Å². The highest BCUT2D eigenvalue weighted by Gasteiger charge is 2.31. The second-order valence-corrected chi connectivity index (χ2v) is 8.69. The summed E-state index contributed by atoms with van der Waals surface area (Å²) in [6.07, 6.45) is 0. The van der Waals surface area contributed by atoms with E-state index in [2.05, 4.69) is 5.32 Å². The van der Waals surface area contributed by atoms with Gasteiger partial charge in [0.2, 0.25) is 15.9 Å². The molecule has 1 aliphatic heterocycles. The van der Waals surface area contributed by atoms with Gasteiger partial charge in [-0.2, -0.15) is 9.57 Å². The first kappa shape index (κ1) is 20.9. The molecule has 0 saturated carbocycles. The van der Waals surface area contributed by atoms with Gasteiger partial charge in [-0.1, -0.05) is 0 Å². The molecule has 0 bridgehead atoms. The molecule has 1 amide bonds. The molecule has 7 nitrogen and oxygen atoms in total. The van der Waals surface area contributed by atoms with E-state index in [1.54, 1.807) is 31.2 Å². The van der Waals surface area contributed by atoms with Crippen molar-refractivity contribution in [3.05, 3.63) is 59.9 Å². The van der Waals surface area contributed by atoms with Crippen molar-refractivity contribution in [2.24, 2.45) is 0 Å². The molecule has 1 heterocycles. The first-order chi connectivity index (χ1) is 13.8. The number of nitrogens with zero attached hydrogens (tertiary/aromatic N) is 3. The van der Waals surface area contributed by atoms with Crippen molar-refractivity contribution in [1.29, 1.82) is 5.26 Å². The zero-order valence-corrected chi connectivity index (χ0v) is 16.7. The summed E-state index contributed by atoms with van der Waals surface area (Å²) in [7, 11) is -3.69. The molecule has 1 aliphatic rings. The molecule has 152 valence electrons. The van der Waals surface area contributed by atoms with Crippen LogP contribution in [0.1, 0.15) is 12.5 Å². The summed E-state index contributed by atoms with van der Waals surface area (Å²) >= 11 is 0. The minimum Gasteiger partial charge on any atom is -0.325 e. The van der Waals surface area contributed by atoms with Gasteiger partial charge in [0.15, 0.2) is 0 Å². The average molecular weight is 416 g/mol. The van der Waals surface area contributed by atoms with E-state index in [-0.39, 0.29) is 23.9 Å². The minimum atomic E-state index is -3.69. The third kappa shape index (κ3) is 4.79. The molecular formula is C20H21FN4O3S. The fourth-order valence-electron chi connectivity index (χ4n) is 3.13. The Kier molecular flexibility index (Phi) is 6.27. The first-order valence-corrected chi connectivity index (χ1v) is 10.6. The number of carbonyl (C=O) groups is 1. The van der Waals surface area contributed by atoms with Crippen molar-refractivity contribution in [2.45, 2.75) is 17.9 Å². The molecule has 1 fully saturated rings. The molecule has 2 aromatic rings. The van der Waals surface area contributed by atoms with Gasteiger partial charge < -0.3 is 5.32 Å². The molecule has 0 radical (unpaired) electrons. The Morgan fingerprint density at radius 2 is 1.66 bits per heavy atom. The van der Waals surface area contributed by atoms with Crippen LogP contribution in [0.25, 0.3) is 0 Å². The lowest BCUT2D eigenvalue weighted by atomic mass is 10.2. The van der Waals surface area contributed by atoms with Gasteiger partial charge >= 0.3 is 0 Å². The van der Waals surface area contributed by atoms with Gasteiger partial charge in [-0.05, 0) is 55.5 Å². The lowest BCUT2D eigenvalue weighted by molar-refractivity contribution is -0.121. The van der Waals surface area contributed by atoms with E-state index in [9.17, 15) is 17.6 Å². The van der Waals surface area contributed by atoms with E-state index in [4.69, 9.17) is 5.26 Å². The minimum absolute atomic E-state index is 0.0546. The maximum Gasteiger partial charge on any atom is 0.243 e. The normalized spacial score (nSPS) is 16.7. The first-order valence-electron chi connectivity index (χ1n) is 9.12. The summed E-state index contributed by atoms with van der Waals surface area (Å²) in [5.41, 5.74) is 1.10. The van der Waals surface area contributed by atoms with Crippen molar-refractivity contribution in [1.82, 2.24) is 9.21 Å². The molecule has 1 N–H and O–H groups in total. The molecule has 3 rings (SSSR count). The van der Waals surface area contributed by atoms with Gasteiger partial charge in [0.05, 0.1) is 22.6 Å². The smallest absolute Gasteiger partial charge is 0.243 e. The maximum atomic E-state index is 13.1. The molecule has 1 saturated heterocycles. The molecule has 29 heavy (non-hydrogen) atoms. The van der Waals surface area contributed by atoms with Crippen molar-refractivity contribution in [2.75, 3.05) is 31.5 Å². The van der Waals surface area contributed by atoms with E-state index in [0.29, 0.717) is 24.3 Å². The lowest BCUT2D eigenvalue weighted by Gasteiger charge is -2.36. The Hall–Kier alpha value is -2.80. The Labute approximate surface area is 169 Å². The number of carbonyl (C=O) groups excluding carboxylic acids is 1. The summed E-state index contributed by atoms with van der Waals surface area (Å²) in [6, 6.07) is 12.9. The van der Waals surface area contributed by atoms with Crippen molar-refractivity contribution < 1.29 is 17.6 Å². The Bertz CT molecular complexity index is 1010. The Balaban J connectivity index is 1.58. The second kappa shape index (κ2) is 8.69. The monoisotopic (exact) mass is 416 g/mol. The maximum absolute atomic E-state index is 13.1. The van der Waals surface area contributed by atoms with E-state index in [1.807, 2.05) is 11.0 Å². The highest BCUT2D eigenvalue weighted by molar-refractivity contribution is 7.89. The van der Waals surface area contributed by atoms with E-state index < -0.39 is 21.9 Å². The summed E-state index contributed by atoms with van der Waals surface area (Å²) in [4.78, 5) is 14.5. The van der Waals surface area contributed by atoms with Gasteiger partial charge in [-0.15, -0.1) is 0 Å². The highest BCUT2D eigenvalue weighted by Crippen LogP contribution is 2.19. The quantitative estimate of drug-likeness (QED) is 0.805. The van der Waals surface area contributed by atoms with Gasteiger partial charge in [0.1, 0.15) is 5.82 Å². The number of anilines is 1. The van der Waals surface area contributed by atoms with Crippen LogP contribution in [0, 0.1) is 17.1 Å². The van der Waals surface area contributed by atoms with Crippen molar-refractivity contribution in [3.8, 4) is 6.07 Å². The number of nitrogens with one attached hydrogen (secondary N) is 1. The molecule has 0 unspecified atom stereocenters. The van der Waals surface area contributed by atoms with Gasteiger partial charge in [0.25, 0.3) is 0 Å². The van der Waals surface area contributed by atoms with Gasteiger partial charge in [0, 0.05) is 31.9 Å². The highest BCUT2D eigenvalue weighted by atomic mass is 32.2. The summed E-state index contributed by atoms with van der Waals surface area (Å²) < 4.78 is 39.8. The number of sulfonamides is 1. The van der Waals surface area contributed by atoms with Crippen LogP contribution in [0.15, 0.2) is 53.4 Å². The number of piperazine rings is 1. The largest absolute Gasteiger partial charge is 0.325 e. The number of nitriles is 1. The number of hydrogen-bond acceptors (Lipinski definition) is 5. The Morgan fingerprint density at radius 3 is 2.21 bits per heavy atom. The van der Waals surface area contributed by atoms with E-state index in [0.717, 1.165) is 12.1 Å². The number of rotatable bonds is 5. The third-order valence-electron chi connectivity index (χ3n) is 4.93. The van der Waals surface area contributed by atoms with Crippen molar-refractivity contribution >= 4 is 21.6 Å². The number of halogens is 1. The van der Waals surface area contributed by atoms with Crippen molar-refractivity contribution in [3.63, 3.8) is 0 Å². The topological polar surface area (TPSA) is 93.5 Å².